The monoisotopic (exact) mass is 568 g/mol. The van der Waals surface area contributed by atoms with E-state index in [4.69, 9.17) is 4.74 Å². The molecule has 0 atom stereocenters. The smallest absolute Gasteiger partial charge is 0.389 e. The molecule has 1 heterocycles. The fraction of sp³-hybridized carbons (Fsp3) is 0.583. The van der Waals surface area contributed by atoms with E-state index in [1.165, 1.54) is 13.8 Å². The van der Waals surface area contributed by atoms with Crippen LogP contribution in [-0.2, 0) is 24.3 Å². The number of benzene rings is 1. The second-order valence-corrected chi connectivity index (χ2v) is 9.34. The lowest BCUT2D eigenvalue weighted by Gasteiger charge is -2.21. The number of hydrogen-bond donors (Lipinski definition) is 2. The largest absolute Gasteiger partial charge is 0.478 e. The van der Waals surface area contributed by atoms with Crippen LogP contribution in [0.2, 0.25) is 0 Å². The molecule has 0 spiro atoms. The summed E-state index contributed by atoms with van der Waals surface area (Å²) in [6.07, 6.45) is -11.6. The van der Waals surface area contributed by atoms with Gasteiger partial charge in [-0.05, 0) is 57.2 Å². The Morgan fingerprint density at radius 2 is 1.62 bits per heavy atom. The van der Waals surface area contributed by atoms with Crippen LogP contribution in [0.4, 0.5) is 32.2 Å². The van der Waals surface area contributed by atoms with Gasteiger partial charge in [0.2, 0.25) is 5.82 Å². The van der Waals surface area contributed by atoms with Gasteiger partial charge in [0.15, 0.2) is 5.60 Å². The van der Waals surface area contributed by atoms with Gasteiger partial charge in [0, 0.05) is 32.5 Å². The summed E-state index contributed by atoms with van der Waals surface area (Å²) in [4.78, 5) is 36.6. The van der Waals surface area contributed by atoms with Crippen molar-refractivity contribution < 1.29 is 41.0 Å². The van der Waals surface area contributed by atoms with Crippen molar-refractivity contribution in [1.29, 1.82) is 0 Å². The lowest BCUT2D eigenvalue weighted by atomic mass is 10.1. The number of anilines is 1. The second kappa shape index (κ2) is 13.0. The zero-order valence-electron chi connectivity index (χ0n) is 21.4. The number of nitrogens with zero attached hydrogens (tertiary/aromatic N) is 3. The van der Waals surface area contributed by atoms with E-state index in [2.05, 4.69) is 10.4 Å². The molecule has 15 heteroatoms. The van der Waals surface area contributed by atoms with Crippen LogP contribution in [0.5, 0.6) is 5.75 Å². The van der Waals surface area contributed by atoms with E-state index in [-0.39, 0.29) is 12.4 Å². The Kier molecular flexibility index (Phi) is 10.6. The van der Waals surface area contributed by atoms with Gasteiger partial charge in [-0.3, -0.25) is 9.36 Å². The molecule has 0 amide bonds. The van der Waals surface area contributed by atoms with E-state index < -0.39 is 73.9 Å². The molecule has 9 nitrogen and oxygen atoms in total. The normalized spacial score (nSPS) is 12.4. The fourth-order valence-corrected chi connectivity index (χ4v) is 3.48. The number of alkyl halides is 6. The van der Waals surface area contributed by atoms with Crippen molar-refractivity contribution in [3.05, 3.63) is 50.7 Å². The maximum Gasteiger partial charge on any atom is 0.389 e. The van der Waals surface area contributed by atoms with Gasteiger partial charge in [-0.1, -0.05) is 12.1 Å². The molecule has 2 aromatic rings. The quantitative estimate of drug-likeness (QED) is 0.257. The first-order valence-corrected chi connectivity index (χ1v) is 12.1. The van der Waals surface area contributed by atoms with E-state index in [0.717, 1.165) is 5.56 Å². The molecule has 0 saturated heterocycles. The number of rotatable bonds is 14. The van der Waals surface area contributed by atoms with Crippen molar-refractivity contribution in [2.75, 3.05) is 11.9 Å². The Bertz CT molecular complexity index is 1240. The van der Waals surface area contributed by atoms with E-state index in [1.807, 2.05) is 0 Å². The van der Waals surface area contributed by atoms with Gasteiger partial charge in [-0.2, -0.15) is 26.3 Å². The number of aryl methyl sites for hydroxylation is 2. The summed E-state index contributed by atoms with van der Waals surface area (Å²) in [6.45, 7) is 1.88. The van der Waals surface area contributed by atoms with Gasteiger partial charge in [0.1, 0.15) is 5.75 Å². The van der Waals surface area contributed by atoms with Crippen LogP contribution in [0, 0.1) is 0 Å². The molecule has 0 fully saturated rings. The number of aliphatic carboxylic acids is 1. The van der Waals surface area contributed by atoms with E-state index >= 15 is 0 Å². The van der Waals surface area contributed by atoms with Crippen LogP contribution in [0.1, 0.15) is 51.5 Å². The summed E-state index contributed by atoms with van der Waals surface area (Å²) in [6, 6.07) is 6.69. The van der Waals surface area contributed by atoms with Gasteiger partial charge in [0.05, 0.1) is 0 Å². The number of hydrogen-bond acceptors (Lipinski definition) is 6. The summed E-state index contributed by atoms with van der Waals surface area (Å²) < 4.78 is 81.9. The minimum absolute atomic E-state index is 0.136. The summed E-state index contributed by atoms with van der Waals surface area (Å²) in [5.41, 5.74) is -2.73. The van der Waals surface area contributed by atoms with Crippen molar-refractivity contribution in [1.82, 2.24) is 14.3 Å². The Hall–Kier alpha value is -3.52. The minimum Gasteiger partial charge on any atom is -0.478 e. The topological polar surface area (TPSA) is 115 Å². The molecule has 0 radical (unpaired) electrons. The number of aromatic nitrogens is 3. The highest BCUT2D eigenvalue weighted by Gasteiger charge is 2.30. The van der Waals surface area contributed by atoms with E-state index in [0.29, 0.717) is 27.8 Å². The molecule has 39 heavy (non-hydrogen) atoms. The molecule has 1 aromatic heterocycles. The lowest BCUT2D eigenvalue weighted by Crippen LogP contribution is -2.43. The van der Waals surface area contributed by atoms with Crippen molar-refractivity contribution in [3.8, 4) is 5.75 Å². The molecule has 0 aliphatic carbocycles. The third-order valence-electron chi connectivity index (χ3n) is 5.51. The fourth-order valence-electron chi connectivity index (χ4n) is 3.48. The molecule has 0 saturated carbocycles. The van der Waals surface area contributed by atoms with Crippen LogP contribution in [0.3, 0.4) is 0 Å². The number of nitrogens with one attached hydrogen (secondary N) is 1. The van der Waals surface area contributed by atoms with Gasteiger partial charge in [0.25, 0.3) is 5.56 Å². The average Bonchev–Trinajstić information content (AvgIpc) is 2.79. The first-order valence-electron chi connectivity index (χ1n) is 12.1. The Labute approximate surface area is 219 Å². The maximum absolute atomic E-state index is 12.7. The molecule has 0 aliphatic rings. The van der Waals surface area contributed by atoms with Gasteiger partial charge in [-0.15, -0.1) is 5.10 Å². The Balaban J connectivity index is 2.12. The molecule has 2 rings (SSSR count). The van der Waals surface area contributed by atoms with E-state index in [1.54, 1.807) is 24.3 Å². The summed E-state index contributed by atoms with van der Waals surface area (Å²) >= 11 is 0. The molecule has 2 N–H and O–H groups in total. The number of carboxylic acids is 1. The third-order valence-corrected chi connectivity index (χ3v) is 5.51. The minimum atomic E-state index is -4.50. The lowest BCUT2D eigenvalue weighted by molar-refractivity contribution is -0.152. The zero-order chi connectivity index (χ0) is 29.4. The predicted octanol–water partition coefficient (Wildman–Crippen LogP) is 4.38. The first kappa shape index (κ1) is 31.7. The molecule has 0 unspecified atom stereocenters. The van der Waals surface area contributed by atoms with Crippen molar-refractivity contribution in [2.24, 2.45) is 0 Å². The number of carbonyl (C=O) groups is 1. The second-order valence-electron chi connectivity index (χ2n) is 9.34. The number of carboxylic acid groups (broad SMARTS) is 1. The molecule has 0 bridgehead atoms. The number of ether oxygens (including phenoxy) is 1. The molecule has 218 valence electrons. The average molecular weight is 569 g/mol. The molecular weight excluding hydrogens is 538 g/mol. The third kappa shape index (κ3) is 10.6. The molecule has 0 aliphatic heterocycles. The molecular formula is C24H30F6N4O5. The van der Waals surface area contributed by atoms with Crippen molar-refractivity contribution in [3.63, 3.8) is 0 Å². The summed E-state index contributed by atoms with van der Waals surface area (Å²) in [5.74, 6) is -1.18. The summed E-state index contributed by atoms with van der Waals surface area (Å²) in [7, 11) is 0. The Morgan fingerprint density at radius 3 is 2.21 bits per heavy atom. The highest BCUT2D eigenvalue weighted by Crippen LogP contribution is 2.23. The Morgan fingerprint density at radius 1 is 1.00 bits per heavy atom. The van der Waals surface area contributed by atoms with Crippen molar-refractivity contribution in [2.45, 2.75) is 83.4 Å². The van der Waals surface area contributed by atoms with Gasteiger partial charge < -0.3 is 15.2 Å². The first-order chi connectivity index (χ1) is 18.0. The predicted molar refractivity (Wildman–Crippen MR) is 129 cm³/mol. The van der Waals surface area contributed by atoms with Crippen LogP contribution in [0.15, 0.2) is 33.9 Å². The summed E-state index contributed by atoms with van der Waals surface area (Å²) in [5, 5.41) is 15.7. The highest BCUT2D eigenvalue weighted by atomic mass is 19.4. The van der Waals surface area contributed by atoms with E-state index in [9.17, 15) is 45.8 Å². The highest BCUT2D eigenvalue weighted by molar-refractivity contribution is 5.76. The van der Waals surface area contributed by atoms with Gasteiger partial charge >= 0.3 is 24.0 Å². The van der Waals surface area contributed by atoms with Crippen LogP contribution in [0.25, 0.3) is 0 Å². The van der Waals surface area contributed by atoms with Crippen molar-refractivity contribution >= 4 is 11.8 Å². The standard InChI is InChI=1S/C24H30F6N4O5/c1-22(2,20(36)37)39-17-9-3-7-16(15-17)8-4-12-31-18-19(35)33(13-5-10-23(25,26)27)21(38)34(32-18)14-6-11-24(28,29)30/h3,7,9,15H,4-6,8,10-14H2,1-2H3,(H,31,32)(H,36,37). The molecule has 1 aromatic carbocycles. The van der Waals surface area contributed by atoms with Crippen LogP contribution < -0.4 is 21.3 Å². The van der Waals surface area contributed by atoms with Gasteiger partial charge in [-0.25, -0.2) is 14.3 Å². The number of halogens is 6. The maximum atomic E-state index is 12.7. The van der Waals surface area contributed by atoms with Crippen LogP contribution in [-0.4, -0.2) is 49.9 Å². The van der Waals surface area contributed by atoms with Crippen LogP contribution >= 0.6 is 0 Å². The zero-order valence-corrected chi connectivity index (χ0v) is 21.4. The SMILES string of the molecule is CC(C)(Oc1cccc(CCCNc2nn(CCCC(F)(F)F)c(=O)n(CCCC(F)(F)F)c2=O)c1)C(=O)O.